The number of fused-ring (bicyclic) bond motifs is 1. The lowest BCUT2D eigenvalue weighted by atomic mass is 9.75. The van der Waals surface area contributed by atoms with E-state index in [0.717, 1.165) is 200 Å². The van der Waals surface area contributed by atoms with Gasteiger partial charge >= 0.3 is 19.1 Å². The average molecular weight is 2020 g/mol. The molecule has 9 aromatic rings. The van der Waals surface area contributed by atoms with Crippen LogP contribution in [0, 0.1) is 5.92 Å². The van der Waals surface area contributed by atoms with E-state index >= 15 is 8.78 Å². The maximum atomic E-state index is 15.1. The fourth-order valence-electron chi connectivity index (χ4n) is 20.8. The number of benzene rings is 9. The van der Waals surface area contributed by atoms with Gasteiger partial charge < -0.3 is 37.3 Å². The number of nitrogens with zero attached hydrogens (tertiary/aromatic N) is 3. The molecular weight excluding hydrogens is 1890 g/mol. The highest BCUT2D eigenvalue weighted by atomic mass is 32.3. The number of sulfonamides is 2. The molecule has 0 N–H and O–H groups in total. The standard InChI is InChI=1S/C26H38F2NO7S3.C24H36O3S.C21H21O3S.C21H27OS.C13H10N2O4S2/c1-37(30,31)29-38(32,33)26(27,28)39(34,35)36-25-23(20-13-7-3-8-14-20)17-22(19-11-5-2-6-12-19)18-24(25)21-15-9-4-10-16-21;25-28(26,27)24-22(19-12-6-2-7-13-19)16-21(18-10-4-1-5-11-18)17-23(24)20-14-8-3-9-15-20;1-22-16-7-4-10-19(13-16)25(20-11-5-8-17(14-20)23-2)21-12-6-9-18(15-21)24-3;1-2-8-17(9-3-1)16-22-20-12-13-21(23-14-6-7-15-23)19-11-5-4-10-18(19)20;14-15-13(20(16,17)11-7-3-1-4-8-11)21(18,19)12-9-5-2-6-10-12/h17-21H,2-16H2,1H3;16-20H,1-15H2,(H,25,26,27);4-15H,1-3H3;4-5,10-13,17H,1-3,6-9,14-16H2;1-10H/q-1;;2*+1;/p-1. The predicted octanol–water partition coefficient (Wildman–Crippen LogP) is 25.4. The summed E-state index contributed by atoms with van der Waals surface area (Å²) in [4.78, 5) is 7.29. The van der Waals surface area contributed by atoms with Gasteiger partial charge in [-0.05, 0) is 256 Å². The summed E-state index contributed by atoms with van der Waals surface area (Å²) in [5.74, 6) is 8.06. The number of methoxy groups -OCH3 is 3. The van der Waals surface area contributed by atoms with E-state index in [9.17, 15) is 55.1 Å². The molecule has 736 valence electrons. The molecule has 9 aromatic carbocycles. The van der Waals surface area contributed by atoms with Crippen molar-refractivity contribution in [3.05, 3.63) is 237 Å². The van der Waals surface area contributed by atoms with Crippen LogP contribution in [0.3, 0.4) is 0 Å². The molecule has 1 saturated heterocycles. The van der Waals surface area contributed by atoms with Gasteiger partial charge in [-0.1, -0.05) is 232 Å². The second-order valence-electron chi connectivity index (χ2n) is 37.2. The van der Waals surface area contributed by atoms with Crippen molar-refractivity contribution >= 4 is 96.9 Å². The molecule has 0 amide bonds. The van der Waals surface area contributed by atoms with Crippen LogP contribution in [-0.2, 0) is 81.7 Å². The van der Waals surface area contributed by atoms with Crippen molar-refractivity contribution in [1.82, 2.24) is 0 Å². The van der Waals surface area contributed by atoms with Crippen molar-refractivity contribution in [2.45, 2.75) is 312 Å². The third kappa shape index (κ3) is 27.1. The number of alkyl halides is 2. The van der Waals surface area contributed by atoms with Gasteiger partial charge in [-0.3, -0.25) is 0 Å². The summed E-state index contributed by atoms with van der Waals surface area (Å²) < 4.78 is 213. The topological polar surface area (TPSA) is 325 Å². The molecule has 0 atom stereocenters. The van der Waals surface area contributed by atoms with Crippen molar-refractivity contribution in [3.63, 3.8) is 0 Å². The molecule has 0 bridgehead atoms. The summed E-state index contributed by atoms with van der Waals surface area (Å²) in [7, 11) is -25.4. The van der Waals surface area contributed by atoms with Gasteiger partial charge in [0.2, 0.25) is 0 Å². The second kappa shape index (κ2) is 48.8. The number of halogens is 2. The SMILES string of the molecule is COc1cccc([S+](c2cccc(OC)c2)c2cccc(OC)c2)c1.CS(=O)(=O)[N-]S(=O)(=O)C(F)(F)S(=O)(=O)Oc1c(C2CCCCC2)cc(C2CCCCC2)cc1C1CCCCC1.O=S(=O)([O-])c1c(C2CCCCC2)cc(C2CCCCC2)cc1C1CCCCC1.[N-]=[N+]=C(S(=O)(=O)c1ccccc1)S(=O)(=O)c1ccccc1.c1ccc2c([S+]3CCCC3)ccc(OCC3CCCCC3)c2c1. The molecule has 21 nitrogen and oxygen atoms in total. The first-order valence-corrected chi connectivity index (χ1v) is 60.3. The Labute approximate surface area is 811 Å². The van der Waals surface area contributed by atoms with Crippen LogP contribution < -0.4 is 23.1 Å². The first-order chi connectivity index (χ1) is 65.3. The van der Waals surface area contributed by atoms with Gasteiger partial charge in [0, 0.05) is 46.1 Å². The fourth-order valence-corrected chi connectivity index (χ4v) is 33.6. The zero-order valence-corrected chi connectivity index (χ0v) is 85.0. The van der Waals surface area contributed by atoms with E-state index in [2.05, 4.69) is 93.8 Å². The van der Waals surface area contributed by atoms with E-state index in [4.69, 9.17) is 28.7 Å². The van der Waals surface area contributed by atoms with E-state index in [-0.39, 0.29) is 60.9 Å². The van der Waals surface area contributed by atoms with Gasteiger partial charge in [0.15, 0.2) is 29.6 Å². The number of rotatable bonds is 25. The number of sulfone groups is 2. The quantitative estimate of drug-likeness (QED) is 0.00975. The Kier molecular flexibility index (Phi) is 37.7. The van der Waals surface area contributed by atoms with Gasteiger partial charge in [-0.15, -0.1) is 4.79 Å². The summed E-state index contributed by atoms with van der Waals surface area (Å²) >= 11 is 0. The summed E-state index contributed by atoms with van der Waals surface area (Å²) in [5, 5.41) is 2.75. The molecule has 136 heavy (non-hydrogen) atoms. The van der Waals surface area contributed by atoms with Gasteiger partial charge in [-0.25, -0.2) is 42.1 Å². The van der Waals surface area contributed by atoms with Gasteiger partial charge in [-0.2, -0.15) is 17.2 Å². The lowest BCUT2D eigenvalue weighted by Crippen LogP contribution is -2.41. The summed E-state index contributed by atoms with van der Waals surface area (Å²) in [6.45, 7) is 0.898. The molecular formula is C105H131F2N3O18S8. The summed E-state index contributed by atoms with van der Waals surface area (Å²) in [5.41, 5.74) is 14.2. The van der Waals surface area contributed by atoms with Gasteiger partial charge in [0.05, 0.1) is 63.5 Å². The lowest BCUT2D eigenvalue weighted by Gasteiger charge is -2.33. The zero-order chi connectivity index (χ0) is 96.7. The number of ether oxygens (including phenoxy) is 4. The Morgan fingerprint density at radius 2 is 0.765 bits per heavy atom. The van der Waals surface area contributed by atoms with Crippen molar-refractivity contribution < 1.29 is 91.8 Å². The maximum Gasteiger partial charge on any atom is 0.504 e. The Bertz CT molecular complexity index is 6000. The molecule has 0 unspecified atom stereocenters. The minimum absolute atomic E-state index is 0.110. The van der Waals surface area contributed by atoms with E-state index < -0.39 is 68.9 Å². The summed E-state index contributed by atoms with van der Waals surface area (Å²) in [6.07, 6.45) is 41.3. The highest BCUT2D eigenvalue weighted by molar-refractivity contribution is 8.31. The van der Waals surface area contributed by atoms with Gasteiger partial charge in [0.1, 0.15) is 50.4 Å². The average Bonchev–Trinajstić information content (AvgIpc) is 0.775. The number of hydrogen-bond acceptors (Lipinski definition) is 18. The van der Waals surface area contributed by atoms with Gasteiger partial charge in [0.25, 0.3) is 19.7 Å². The molecule has 8 aliphatic rings. The van der Waals surface area contributed by atoms with E-state index in [1.807, 2.05) is 48.5 Å². The van der Waals surface area contributed by atoms with Crippen molar-refractivity contribution in [1.29, 1.82) is 0 Å². The lowest BCUT2D eigenvalue weighted by molar-refractivity contribution is 0.00379. The minimum atomic E-state index is -6.31. The van der Waals surface area contributed by atoms with Crippen molar-refractivity contribution in [3.8, 4) is 28.7 Å². The van der Waals surface area contributed by atoms with Crippen LogP contribution in [0.25, 0.3) is 20.4 Å². The Morgan fingerprint density at radius 3 is 1.12 bits per heavy atom. The molecule has 7 saturated carbocycles. The smallest absolute Gasteiger partial charge is 0.504 e. The maximum absolute atomic E-state index is 15.1. The van der Waals surface area contributed by atoms with Crippen LogP contribution in [0.15, 0.2) is 228 Å². The van der Waals surface area contributed by atoms with E-state index in [1.165, 1.54) is 181 Å². The van der Waals surface area contributed by atoms with Crippen molar-refractivity contribution in [2.75, 3.05) is 45.7 Å². The molecule has 17 rings (SSSR count). The molecule has 0 radical (unpaired) electrons. The highest BCUT2D eigenvalue weighted by Gasteiger charge is 2.57. The van der Waals surface area contributed by atoms with E-state index in [1.54, 1.807) is 38.4 Å². The normalized spacial score (nSPS) is 18.2. The Morgan fingerprint density at radius 1 is 0.419 bits per heavy atom. The number of hydrogen-bond donors (Lipinski definition) is 0. The Balaban J connectivity index is 0.000000146. The molecule has 0 aromatic heterocycles. The zero-order valence-electron chi connectivity index (χ0n) is 78.5. The molecule has 1 heterocycles. The second-order valence-corrected chi connectivity index (χ2v) is 52.1. The first-order valence-electron chi connectivity index (χ1n) is 48.5. The predicted molar refractivity (Wildman–Crippen MR) is 535 cm³/mol. The van der Waals surface area contributed by atoms with Crippen LogP contribution in [-0.4, -0.2) is 115 Å². The molecule has 31 heteroatoms. The monoisotopic (exact) mass is 2020 g/mol. The first kappa shape index (κ1) is 105. The van der Waals surface area contributed by atoms with Crippen molar-refractivity contribution in [2.24, 2.45) is 5.92 Å². The highest BCUT2D eigenvalue weighted by Crippen LogP contribution is 2.52. The van der Waals surface area contributed by atoms with Crippen LogP contribution in [0.2, 0.25) is 0 Å². The molecule has 8 fully saturated rings. The third-order valence-electron chi connectivity index (χ3n) is 27.8. The van der Waals surface area contributed by atoms with Crippen LogP contribution >= 0.6 is 0 Å². The Hall–Kier alpha value is -8.20. The van der Waals surface area contributed by atoms with Crippen LogP contribution in [0.4, 0.5) is 8.78 Å². The fraction of sp³-hybridized carbons (Fsp3) is 0.495. The summed E-state index contributed by atoms with van der Waals surface area (Å²) in [6, 6.07) is 60.0. The third-order valence-corrected chi connectivity index (χ3v) is 42.4. The molecule has 1 aliphatic heterocycles. The van der Waals surface area contributed by atoms with Crippen LogP contribution in [0.5, 0.6) is 28.7 Å². The molecule has 0 spiro atoms. The largest absolute Gasteiger partial charge is 0.744 e. The minimum Gasteiger partial charge on any atom is -0.744 e. The molecule has 7 aliphatic carbocycles. The van der Waals surface area contributed by atoms with E-state index in [0.29, 0.717) is 34.2 Å². The van der Waals surface area contributed by atoms with Crippen LogP contribution in [0.1, 0.15) is 306 Å².